The third-order valence-corrected chi connectivity index (χ3v) is 7.90. The van der Waals surface area contributed by atoms with Crippen molar-refractivity contribution in [1.29, 1.82) is 5.26 Å². The van der Waals surface area contributed by atoms with Gasteiger partial charge in [-0.15, -0.1) is 11.3 Å². The summed E-state index contributed by atoms with van der Waals surface area (Å²) in [5.41, 5.74) is 2.05. The minimum atomic E-state index is -1.24. The number of carbonyl (C=O) groups excluding carboxylic acids is 3. The molecule has 2 aromatic rings. The molecule has 1 atom stereocenters. The van der Waals surface area contributed by atoms with Gasteiger partial charge in [0.15, 0.2) is 0 Å². The third-order valence-electron chi connectivity index (χ3n) is 6.69. The zero-order chi connectivity index (χ0) is 24.7. The molecule has 1 aromatic carbocycles. The lowest BCUT2D eigenvalue weighted by molar-refractivity contribution is -0.133. The van der Waals surface area contributed by atoms with E-state index in [4.69, 9.17) is 0 Å². The van der Waals surface area contributed by atoms with Crippen LogP contribution in [0.4, 0.5) is 9.80 Å². The van der Waals surface area contributed by atoms with E-state index < -0.39 is 29.9 Å². The highest BCUT2D eigenvalue weighted by Gasteiger charge is 2.49. The van der Waals surface area contributed by atoms with Crippen LogP contribution in [-0.2, 0) is 33.4 Å². The number of rotatable bonds is 4. The number of anilines is 1. The van der Waals surface area contributed by atoms with Gasteiger partial charge >= 0.3 is 6.03 Å². The van der Waals surface area contributed by atoms with Crippen molar-refractivity contribution in [2.45, 2.75) is 70.8 Å². The quantitative estimate of drug-likeness (QED) is 0.495. The van der Waals surface area contributed by atoms with Crippen LogP contribution in [-0.4, -0.2) is 29.3 Å². The minimum absolute atomic E-state index is 0.0328. The lowest BCUT2D eigenvalue weighted by Gasteiger charge is -2.24. The van der Waals surface area contributed by atoms with Crippen LogP contribution in [0.1, 0.15) is 74.1 Å². The minimum Gasteiger partial charge on any atom is -0.319 e. The van der Waals surface area contributed by atoms with Crippen LogP contribution in [0.3, 0.4) is 0 Å². The Balaban J connectivity index is 1.50. The maximum absolute atomic E-state index is 13.2. The number of nitriles is 1. The predicted molar refractivity (Wildman–Crippen MR) is 132 cm³/mol. The molecular formula is C26H30N4O3S. The van der Waals surface area contributed by atoms with Crippen LogP contribution in [0, 0.1) is 11.3 Å². The molecule has 1 fully saturated rings. The fourth-order valence-corrected chi connectivity index (χ4v) is 5.85. The summed E-state index contributed by atoms with van der Waals surface area (Å²) in [5, 5.41) is 15.7. The molecule has 7 nitrogen and oxygen atoms in total. The molecule has 4 rings (SSSR count). The van der Waals surface area contributed by atoms with Gasteiger partial charge in [0.05, 0.1) is 5.56 Å². The van der Waals surface area contributed by atoms with Crippen molar-refractivity contribution < 1.29 is 14.4 Å². The zero-order valence-electron chi connectivity index (χ0n) is 20.1. The summed E-state index contributed by atoms with van der Waals surface area (Å²) in [6, 6.07) is 9.24. The second-order valence-electron chi connectivity index (χ2n) is 10.2. The van der Waals surface area contributed by atoms with Gasteiger partial charge in [-0.25, -0.2) is 4.79 Å². The summed E-state index contributed by atoms with van der Waals surface area (Å²) in [6.07, 6.45) is 4.98. The largest absolute Gasteiger partial charge is 0.325 e. The van der Waals surface area contributed by atoms with Gasteiger partial charge in [0.1, 0.15) is 23.2 Å². The van der Waals surface area contributed by atoms with Crippen molar-refractivity contribution in [3.05, 3.63) is 51.4 Å². The van der Waals surface area contributed by atoms with Gasteiger partial charge in [0, 0.05) is 4.88 Å². The maximum atomic E-state index is 13.2. The van der Waals surface area contributed by atoms with Crippen molar-refractivity contribution in [3.8, 4) is 6.07 Å². The van der Waals surface area contributed by atoms with Crippen molar-refractivity contribution in [1.82, 2.24) is 10.2 Å². The number of nitrogens with one attached hydrogen (secondary N) is 2. The summed E-state index contributed by atoms with van der Waals surface area (Å²) in [6.45, 7) is 7.57. The number of imide groups is 1. The number of carbonyl (C=O) groups is 3. The van der Waals surface area contributed by atoms with E-state index in [2.05, 4.69) is 37.5 Å². The zero-order valence-corrected chi connectivity index (χ0v) is 20.9. The Bertz CT molecular complexity index is 1190. The van der Waals surface area contributed by atoms with Gasteiger partial charge in [0.2, 0.25) is 5.91 Å². The molecule has 8 heteroatoms. The maximum Gasteiger partial charge on any atom is 0.325 e. The van der Waals surface area contributed by atoms with E-state index >= 15 is 0 Å². The molecule has 1 unspecified atom stereocenters. The lowest BCUT2D eigenvalue weighted by Crippen LogP contribution is -2.42. The van der Waals surface area contributed by atoms with Gasteiger partial charge in [-0.2, -0.15) is 5.26 Å². The Hall–Kier alpha value is -3.18. The van der Waals surface area contributed by atoms with Crippen LogP contribution < -0.4 is 10.6 Å². The van der Waals surface area contributed by atoms with Crippen molar-refractivity contribution in [2.75, 3.05) is 11.9 Å². The Kier molecular flexibility index (Phi) is 6.26. The second-order valence-corrected chi connectivity index (χ2v) is 11.3. The van der Waals surface area contributed by atoms with Gasteiger partial charge in [-0.05, 0) is 54.7 Å². The molecule has 1 saturated heterocycles. The summed E-state index contributed by atoms with van der Waals surface area (Å²) in [4.78, 5) is 40.8. The summed E-state index contributed by atoms with van der Waals surface area (Å²) >= 11 is 1.43. The lowest BCUT2D eigenvalue weighted by atomic mass is 9.84. The third kappa shape index (κ3) is 4.32. The molecule has 2 heterocycles. The molecule has 34 heavy (non-hydrogen) atoms. The Labute approximate surface area is 204 Å². The average Bonchev–Trinajstić information content (AvgIpc) is 3.08. The van der Waals surface area contributed by atoms with E-state index in [1.807, 2.05) is 24.3 Å². The fraction of sp³-hybridized carbons (Fsp3) is 0.462. The number of thiophene rings is 1. The summed E-state index contributed by atoms with van der Waals surface area (Å²) < 4.78 is 0. The number of amides is 4. The number of hydrogen-bond acceptors (Lipinski definition) is 5. The fourth-order valence-electron chi connectivity index (χ4n) is 4.60. The first-order chi connectivity index (χ1) is 16.0. The standard InChI is InChI=1S/C26H30N4O3S/c1-25(2,3)16-10-12-17(13-11-16)26(4)23(32)30(24(33)29-26)15-21(31)28-22-19(14-27)18-8-6-5-7-9-20(18)34-22/h10-13H,5-9,15H2,1-4H3,(H,28,31)(H,29,33). The highest BCUT2D eigenvalue weighted by atomic mass is 32.1. The topological polar surface area (TPSA) is 102 Å². The molecule has 1 aromatic heterocycles. The molecule has 178 valence electrons. The highest BCUT2D eigenvalue weighted by molar-refractivity contribution is 7.16. The smallest absolute Gasteiger partial charge is 0.319 e. The first kappa shape index (κ1) is 24.0. The number of nitrogens with zero attached hydrogens (tertiary/aromatic N) is 2. The Morgan fingerprint density at radius 3 is 2.50 bits per heavy atom. The molecule has 0 saturated carbocycles. The number of fused-ring (bicyclic) bond motifs is 1. The molecule has 0 bridgehead atoms. The van der Waals surface area contributed by atoms with E-state index in [1.165, 1.54) is 11.3 Å². The predicted octanol–water partition coefficient (Wildman–Crippen LogP) is 4.59. The normalized spacial score (nSPS) is 20.4. The SMILES string of the molecule is CC(C)(C)c1ccc(C2(C)NC(=O)N(CC(=O)Nc3sc4c(c3C#N)CCCCC4)C2=O)cc1. The molecular weight excluding hydrogens is 448 g/mol. The van der Waals surface area contributed by atoms with Crippen molar-refractivity contribution >= 4 is 34.2 Å². The van der Waals surface area contributed by atoms with Crippen LogP contribution in [0.5, 0.6) is 0 Å². The van der Waals surface area contributed by atoms with Crippen LogP contribution in [0.15, 0.2) is 24.3 Å². The van der Waals surface area contributed by atoms with E-state index in [-0.39, 0.29) is 5.41 Å². The van der Waals surface area contributed by atoms with Gasteiger partial charge in [-0.3, -0.25) is 14.5 Å². The Morgan fingerprint density at radius 2 is 1.85 bits per heavy atom. The second kappa shape index (κ2) is 8.88. The Morgan fingerprint density at radius 1 is 1.18 bits per heavy atom. The van der Waals surface area contributed by atoms with Crippen LogP contribution >= 0.6 is 11.3 Å². The number of aryl methyl sites for hydroxylation is 1. The van der Waals surface area contributed by atoms with E-state index in [0.29, 0.717) is 16.1 Å². The van der Waals surface area contributed by atoms with E-state index in [9.17, 15) is 19.6 Å². The van der Waals surface area contributed by atoms with E-state index in [1.54, 1.807) is 6.92 Å². The summed E-state index contributed by atoms with van der Waals surface area (Å²) in [5.74, 6) is -0.970. The first-order valence-electron chi connectivity index (χ1n) is 11.6. The van der Waals surface area contributed by atoms with E-state index in [0.717, 1.165) is 53.0 Å². The van der Waals surface area contributed by atoms with Crippen LogP contribution in [0.25, 0.3) is 0 Å². The number of urea groups is 1. The van der Waals surface area contributed by atoms with Gasteiger partial charge < -0.3 is 10.6 Å². The monoisotopic (exact) mass is 478 g/mol. The van der Waals surface area contributed by atoms with Gasteiger partial charge in [0.25, 0.3) is 5.91 Å². The molecule has 1 aliphatic heterocycles. The molecule has 0 spiro atoms. The van der Waals surface area contributed by atoms with Crippen LogP contribution in [0.2, 0.25) is 0 Å². The first-order valence-corrected chi connectivity index (χ1v) is 12.5. The molecule has 0 radical (unpaired) electrons. The average molecular weight is 479 g/mol. The van der Waals surface area contributed by atoms with Crippen molar-refractivity contribution in [3.63, 3.8) is 0 Å². The number of hydrogen-bond donors (Lipinski definition) is 2. The molecule has 2 N–H and O–H groups in total. The van der Waals surface area contributed by atoms with Gasteiger partial charge in [-0.1, -0.05) is 51.5 Å². The highest BCUT2D eigenvalue weighted by Crippen LogP contribution is 2.37. The molecule has 1 aliphatic carbocycles. The molecule has 4 amide bonds. The number of benzene rings is 1. The molecule has 2 aliphatic rings. The summed E-state index contributed by atoms with van der Waals surface area (Å²) in [7, 11) is 0. The van der Waals surface area contributed by atoms with Crippen molar-refractivity contribution in [2.24, 2.45) is 0 Å².